The predicted octanol–water partition coefficient (Wildman–Crippen LogP) is 6.05. The Morgan fingerprint density at radius 3 is 2.26 bits per heavy atom. The fraction of sp³-hybridized carbons (Fsp3) is 0.321. The number of rotatable bonds is 8. The maximum absolute atomic E-state index is 13.0. The molecule has 0 aliphatic heterocycles. The van der Waals surface area contributed by atoms with Gasteiger partial charge in [-0.15, -0.1) is 0 Å². The molecular weight excluding hydrogens is 450 g/mol. The molecule has 1 aliphatic rings. The summed E-state index contributed by atoms with van der Waals surface area (Å²) >= 11 is 6.17. The van der Waals surface area contributed by atoms with E-state index in [2.05, 4.69) is 24.3 Å². The summed E-state index contributed by atoms with van der Waals surface area (Å²) in [5.74, 6) is 0.500. The van der Waals surface area contributed by atoms with Gasteiger partial charge in [0.05, 0.1) is 11.6 Å². The second-order valence-corrected chi connectivity index (χ2v) is 9.36. The van der Waals surface area contributed by atoms with Crippen molar-refractivity contribution >= 4 is 17.7 Å². The zero-order valence-electron chi connectivity index (χ0n) is 19.7. The van der Waals surface area contributed by atoms with Crippen molar-refractivity contribution in [3.8, 4) is 16.9 Å². The Morgan fingerprint density at radius 2 is 1.65 bits per heavy atom. The topological polar surface area (TPSA) is 59.0 Å². The molecule has 0 aromatic heterocycles. The van der Waals surface area contributed by atoms with Crippen molar-refractivity contribution in [1.29, 1.82) is 0 Å². The first kappa shape index (κ1) is 24.1. The van der Waals surface area contributed by atoms with Crippen LogP contribution in [0.2, 0.25) is 5.02 Å². The average Bonchev–Trinajstić information content (AvgIpc) is 3.15. The van der Waals surface area contributed by atoms with Crippen molar-refractivity contribution in [2.75, 3.05) is 19.8 Å². The molecule has 0 radical (unpaired) electrons. The van der Waals surface area contributed by atoms with E-state index in [4.69, 9.17) is 21.1 Å². The van der Waals surface area contributed by atoms with Crippen LogP contribution in [0, 0.1) is 6.92 Å². The molecular formula is C28H30ClNO4. The Labute approximate surface area is 205 Å². The van der Waals surface area contributed by atoms with Crippen LogP contribution in [0.25, 0.3) is 11.1 Å². The Balaban J connectivity index is 1.38. The fourth-order valence-electron chi connectivity index (χ4n) is 4.36. The quantitative estimate of drug-likeness (QED) is 0.427. The van der Waals surface area contributed by atoms with E-state index in [1.54, 1.807) is 6.07 Å². The minimum Gasteiger partial charge on any atom is -0.489 e. The lowest BCUT2D eigenvalue weighted by Gasteiger charge is -2.29. The molecule has 4 rings (SSSR count). The first-order valence-electron chi connectivity index (χ1n) is 11.5. The molecule has 0 saturated carbocycles. The van der Waals surface area contributed by atoms with Crippen LogP contribution >= 0.6 is 11.6 Å². The summed E-state index contributed by atoms with van der Waals surface area (Å²) in [5, 5.41) is 11.0. The summed E-state index contributed by atoms with van der Waals surface area (Å²) in [4.78, 5) is 14.5. The number of fused-ring (bicyclic) bond motifs is 3. The smallest absolute Gasteiger partial charge is 0.410 e. The largest absolute Gasteiger partial charge is 0.489 e. The molecule has 3 aromatic carbocycles. The van der Waals surface area contributed by atoms with Crippen LogP contribution in [0.3, 0.4) is 0 Å². The number of ether oxygens (including phenoxy) is 2. The van der Waals surface area contributed by atoms with Crippen molar-refractivity contribution < 1.29 is 19.4 Å². The zero-order chi connectivity index (χ0) is 24.2. The van der Waals surface area contributed by atoms with Gasteiger partial charge < -0.3 is 19.5 Å². The van der Waals surface area contributed by atoms with Crippen molar-refractivity contribution in [3.05, 3.63) is 88.4 Å². The number of carbonyl (C=O) groups is 1. The summed E-state index contributed by atoms with van der Waals surface area (Å²) in [6, 6.07) is 21.8. The summed E-state index contributed by atoms with van der Waals surface area (Å²) in [6.45, 7) is 6.08. The molecule has 1 unspecified atom stereocenters. The van der Waals surface area contributed by atoms with Crippen molar-refractivity contribution in [1.82, 2.24) is 4.90 Å². The summed E-state index contributed by atoms with van der Waals surface area (Å²) in [6.07, 6.45) is -1.34. The lowest BCUT2D eigenvalue weighted by Crippen LogP contribution is -2.44. The van der Waals surface area contributed by atoms with Crippen LogP contribution in [0.1, 0.15) is 36.5 Å². The maximum atomic E-state index is 13.0. The van der Waals surface area contributed by atoms with Gasteiger partial charge in [-0.2, -0.15) is 0 Å². The molecule has 5 nitrogen and oxygen atoms in total. The third-order valence-electron chi connectivity index (χ3n) is 6.12. The Hall–Kier alpha value is -3.02. The van der Waals surface area contributed by atoms with Gasteiger partial charge >= 0.3 is 6.09 Å². The van der Waals surface area contributed by atoms with Crippen molar-refractivity contribution in [2.24, 2.45) is 0 Å². The summed E-state index contributed by atoms with van der Waals surface area (Å²) < 4.78 is 11.5. The molecule has 0 bridgehead atoms. The molecule has 3 aromatic rings. The number of hydrogen-bond acceptors (Lipinski definition) is 4. The molecule has 34 heavy (non-hydrogen) atoms. The Bertz CT molecular complexity index is 1120. The number of halogens is 1. The molecule has 0 fully saturated rings. The molecule has 1 atom stereocenters. The van der Waals surface area contributed by atoms with Crippen LogP contribution in [0.4, 0.5) is 4.79 Å². The Morgan fingerprint density at radius 1 is 1.03 bits per heavy atom. The lowest BCUT2D eigenvalue weighted by atomic mass is 9.98. The maximum Gasteiger partial charge on any atom is 0.410 e. The molecule has 1 N–H and O–H groups in total. The number of aliphatic hydroxyl groups is 1. The van der Waals surface area contributed by atoms with Gasteiger partial charge in [0.25, 0.3) is 0 Å². The van der Waals surface area contributed by atoms with Crippen LogP contribution in [0.5, 0.6) is 5.75 Å². The van der Waals surface area contributed by atoms with Crippen LogP contribution in [-0.4, -0.2) is 48.0 Å². The molecule has 1 aliphatic carbocycles. The average molecular weight is 480 g/mol. The minimum absolute atomic E-state index is 0.0120. The van der Waals surface area contributed by atoms with Crippen LogP contribution in [0.15, 0.2) is 66.7 Å². The highest BCUT2D eigenvalue weighted by Crippen LogP contribution is 2.44. The number of nitrogens with zero attached hydrogens (tertiary/aromatic N) is 1. The number of aliphatic hydroxyl groups excluding tert-OH is 1. The van der Waals surface area contributed by atoms with Gasteiger partial charge in [-0.3, -0.25) is 0 Å². The molecule has 178 valence electrons. The van der Waals surface area contributed by atoms with Gasteiger partial charge in [-0.25, -0.2) is 4.79 Å². The van der Waals surface area contributed by atoms with Crippen LogP contribution < -0.4 is 4.74 Å². The molecule has 0 spiro atoms. The Kier molecular flexibility index (Phi) is 7.44. The minimum atomic E-state index is -0.889. The lowest BCUT2D eigenvalue weighted by molar-refractivity contribution is 0.0418. The third kappa shape index (κ3) is 5.21. The summed E-state index contributed by atoms with van der Waals surface area (Å²) in [5.41, 5.74) is 5.70. The van der Waals surface area contributed by atoms with Gasteiger partial charge in [0.2, 0.25) is 0 Å². The normalized spacial score (nSPS) is 13.4. The second kappa shape index (κ2) is 10.5. The monoisotopic (exact) mass is 479 g/mol. The van der Waals surface area contributed by atoms with E-state index in [1.807, 2.05) is 57.2 Å². The number of carbonyl (C=O) groups excluding carboxylic acids is 1. The van der Waals surface area contributed by atoms with Crippen molar-refractivity contribution in [3.63, 3.8) is 0 Å². The van der Waals surface area contributed by atoms with E-state index in [0.717, 1.165) is 16.7 Å². The SMILES string of the molecule is Cc1ccc(Cl)c(OCC(O)CN(C(=O)OCC2c3ccccc3-c3ccccc32)C(C)C)c1. The number of benzene rings is 3. The fourth-order valence-corrected chi connectivity index (χ4v) is 4.53. The standard InChI is InChI=1S/C28H30ClNO4/c1-18(2)30(15-20(31)16-33-27-14-19(3)12-13-26(27)29)28(32)34-17-25-23-10-6-4-8-21(23)22-9-5-7-11-24(22)25/h4-14,18,20,25,31H,15-17H2,1-3H3. The first-order chi connectivity index (χ1) is 16.3. The van der Waals surface area contributed by atoms with Gasteiger partial charge in [-0.1, -0.05) is 66.2 Å². The first-order valence-corrected chi connectivity index (χ1v) is 11.9. The van der Waals surface area contributed by atoms with Gasteiger partial charge in [0.15, 0.2) is 0 Å². The number of hydrogen-bond donors (Lipinski definition) is 1. The molecule has 0 heterocycles. The van der Waals surface area contributed by atoms with E-state index in [1.165, 1.54) is 16.0 Å². The third-order valence-corrected chi connectivity index (χ3v) is 6.43. The van der Waals surface area contributed by atoms with Gasteiger partial charge in [-0.05, 0) is 60.7 Å². The van der Waals surface area contributed by atoms with E-state index >= 15 is 0 Å². The molecule has 0 saturated heterocycles. The highest BCUT2D eigenvalue weighted by molar-refractivity contribution is 6.32. The zero-order valence-corrected chi connectivity index (χ0v) is 20.5. The molecule has 6 heteroatoms. The van der Waals surface area contributed by atoms with E-state index in [-0.39, 0.29) is 31.7 Å². The summed E-state index contributed by atoms with van der Waals surface area (Å²) in [7, 11) is 0. The van der Waals surface area contributed by atoms with Crippen LogP contribution in [-0.2, 0) is 4.74 Å². The van der Waals surface area contributed by atoms with Crippen molar-refractivity contribution in [2.45, 2.75) is 38.8 Å². The van der Waals surface area contributed by atoms with Gasteiger partial charge in [0.1, 0.15) is 25.1 Å². The van der Waals surface area contributed by atoms with E-state index < -0.39 is 12.2 Å². The van der Waals surface area contributed by atoms with E-state index in [0.29, 0.717) is 10.8 Å². The van der Waals surface area contributed by atoms with Gasteiger partial charge in [0, 0.05) is 12.0 Å². The highest BCUT2D eigenvalue weighted by Gasteiger charge is 2.30. The molecule has 1 amide bonds. The number of aryl methyl sites for hydroxylation is 1. The second-order valence-electron chi connectivity index (χ2n) is 8.95. The highest BCUT2D eigenvalue weighted by atomic mass is 35.5. The van der Waals surface area contributed by atoms with E-state index in [9.17, 15) is 9.90 Å². The predicted molar refractivity (Wildman–Crippen MR) is 135 cm³/mol. The number of amides is 1.